The van der Waals surface area contributed by atoms with Gasteiger partial charge in [-0.2, -0.15) is 0 Å². The van der Waals surface area contributed by atoms with Gasteiger partial charge in [0.25, 0.3) is 5.89 Å². The van der Waals surface area contributed by atoms with Crippen LogP contribution in [0.2, 0.25) is 0 Å². The van der Waals surface area contributed by atoms with Crippen LogP contribution in [0.1, 0.15) is 41.4 Å². The standard InChI is InChI=1S/C12H16N2O4/c1-7-8(2)18-10(13-7)11(15)14-6-4-3-5-9(14)12(16)17/h9H,3-6H2,1-2H3,(H,16,17). The van der Waals surface area contributed by atoms with Crippen molar-refractivity contribution in [1.82, 2.24) is 9.88 Å². The molecule has 0 radical (unpaired) electrons. The van der Waals surface area contributed by atoms with Gasteiger partial charge in [-0.05, 0) is 33.1 Å². The summed E-state index contributed by atoms with van der Waals surface area (Å²) in [7, 11) is 0. The summed E-state index contributed by atoms with van der Waals surface area (Å²) in [5.74, 6) is -0.832. The number of oxazole rings is 1. The Morgan fingerprint density at radius 2 is 2.11 bits per heavy atom. The number of carbonyl (C=O) groups is 2. The molecule has 1 unspecified atom stereocenters. The predicted octanol–water partition coefficient (Wildman–Crippen LogP) is 1.37. The van der Waals surface area contributed by atoms with Crippen LogP contribution in [0, 0.1) is 13.8 Å². The fourth-order valence-corrected chi connectivity index (χ4v) is 2.12. The van der Waals surface area contributed by atoms with Crippen molar-refractivity contribution in [3.63, 3.8) is 0 Å². The van der Waals surface area contributed by atoms with Gasteiger partial charge >= 0.3 is 11.9 Å². The van der Waals surface area contributed by atoms with Crippen molar-refractivity contribution in [3.8, 4) is 0 Å². The summed E-state index contributed by atoms with van der Waals surface area (Å²) in [6, 6.07) is -0.765. The Kier molecular flexibility index (Phi) is 3.36. The molecule has 6 heteroatoms. The molecule has 0 aliphatic carbocycles. The Labute approximate surface area is 105 Å². The van der Waals surface area contributed by atoms with Gasteiger partial charge in [0.15, 0.2) is 0 Å². The summed E-state index contributed by atoms with van der Waals surface area (Å²) < 4.78 is 5.26. The number of piperidine rings is 1. The zero-order valence-corrected chi connectivity index (χ0v) is 10.5. The highest BCUT2D eigenvalue weighted by atomic mass is 16.4. The number of nitrogens with zero attached hydrogens (tertiary/aromatic N) is 2. The van der Waals surface area contributed by atoms with E-state index in [1.807, 2.05) is 0 Å². The minimum absolute atomic E-state index is 0.0156. The third kappa shape index (κ3) is 2.23. The van der Waals surface area contributed by atoms with E-state index in [1.54, 1.807) is 13.8 Å². The largest absolute Gasteiger partial charge is 0.480 e. The highest BCUT2D eigenvalue weighted by molar-refractivity contribution is 5.93. The van der Waals surface area contributed by atoms with Gasteiger partial charge in [-0.15, -0.1) is 0 Å². The number of aryl methyl sites for hydroxylation is 2. The molecule has 1 fully saturated rings. The number of amides is 1. The second-order valence-corrected chi connectivity index (χ2v) is 4.51. The Balaban J connectivity index is 2.23. The van der Waals surface area contributed by atoms with Crippen molar-refractivity contribution >= 4 is 11.9 Å². The summed E-state index contributed by atoms with van der Waals surface area (Å²) in [5, 5.41) is 9.12. The molecular weight excluding hydrogens is 236 g/mol. The summed E-state index contributed by atoms with van der Waals surface area (Å²) in [4.78, 5) is 28.7. The number of likely N-dealkylation sites (tertiary alicyclic amines) is 1. The first-order chi connectivity index (χ1) is 8.50. The second kappa shape index (κ2) is 4.80. The Hall–Kier alpha value is -1.85. The van der Waals surface area contributed by atoms with E-state index in [2.05, 4.69) is 4.98 Å². The third-order valence-electron chi connectivity index (χ3n) is 3.26. The van der Waals surface area contributed by atoms with E-state index in [0.717, 1.165) is 12.8 Å². The molecule has 0 saturated carbocycles. The molecule has 1 aliphatic rings. The Bertz CT molecular complexity index is 461. The van der Waals surface area contributed by atoms with Crippen LogP contribution < -0.4 is 0 Å². The Morgan fingerprint density at radius 3 is 2.67 bits per heavy atom. The van der Waals surface area contributed by atoms with Gasteiger partial charge < -0.3 is 14.4 Å². The molecule has 0 spiro atoms. The lowest BCUT2D eigenvalue weighted by atomic mass is 10.0. The van der Waals surface area contributed by atoms with Crippen molar-refractivity contribution in [3.05, 3.63) is 17.3 Å². The SMILES string of the molecule is Cc1nc(C(=O)N2CCCCC2C(=O)O)oc1C. The van der Waals surface area contributed by atoms with Crippen molar-refractivity contribution in [2.45, 2.75) is 39.2 Å². The lowest BCUT2D eigenvalue weighted by molar-refractivity contribution is -0.143. The average Bonchev–Trinajstić information content (AvgIpc) is 2.68. The first-order valence-corrected chi connectivity index (χ1v) is 5.98. The minimum atomic E-state index is -0.969. The van der Waals surface area contributed by atoms with Gasteiger partial charge in [0.05, 0.1) is 5.69 Å². The number of hydrogen-bond acceptors (Lipinski definition) is 4. The molecule has 0 aromatic carbocycles. The van der Waals surface area contributed by atoms with E-state index in [1.165, 1.54) is 4.90 Å². The minimum Gasteiger partial charge on any atom is -0.480 e. The van der Waals surface area contributed by atoms with Gasteiger partial charge in [-0.1, -0.05) is 0 Å². The molecule has 2 heterocycles. The summed E-state index contributed by atoms with van der Waals surface area (Å²) >= 11 is 0. The van der Waals surface area contributed by atoms with Crippen LogP contribution in [0.15, 0.2) is 4.42 Å². The summed E-state index contributed by atoms with van der Waals surface area (Å²) in [6.07, 6.45) is 2.12. The Morgan fingerprint density at radius 1 is 1.39 bits per heavy atom. The average molecular weight is 252 g/mol. The van der Waals surface area contributed by atoms with E-state index >= 15 is 0 Å². The normalized spacial score (nSPS) is 19.9. The fourth-order valence-electron chi connectivity index (χ4n) is 2.12. The maximum Gasteiger partial charge on any atom is 0.326 e. The smallest absolute Gasteiger partial charge is 0.326 e. The van der Waals surface area contributed by atoms with Crippen LogP contribution >= 0.6 is 0 Å². The van der Waals surface area contributed by atoms with E-state index < -0.39 is 17.9 Å². The number of rotatable bonds is 2. The van der Waals surface area contributed by atoms with Crippen LogP contribution in [0.5, 0.6) is 0 Å². The van der Waals surface area contributed by atoms with E-state index in [9.17, 15) is 9.59 Å². The number of aliphatic carboxylic acids is 1. The monoisotopic (exact) mass is 252 g/mol. The van der Waals surface area contributed by atoms with Crippen LogP contribution in [0.25, 0.3) is 0 Å². The molecule has 1 aliphatic heterocycles. The topological polar surface area (TPSA) is 83.6 Å². The highest BCUT2D eigenvalue weighted by Crippen LogP contribution is 2.20. The van der Waals surface area contributed by atoms with Gasteiger partial charge in [-0.25, -0.2) is 9.78 Å². The summed E-state index contributed by atoms with van der Waals surface area (Å²) in [6.45, 7) is 3.92. The highest BCUT2D eigenvalue weighted by Gasteiger charge is 2.34. The van der Waals surface area contributed by atoms with Crippen LogP contribution in [-0.2, 0) is 4.79 Å². The molecule has 1 saturated heterocycles. The van der Waals surface area contributed by atoms with Gasteiger partial charge in [0.2, 0.25) is 0 Å². The quantitative estimate of drug-likeness (QED) is 0.859. The molecule has 1 atom stereocenters. The molecule has 1 amide bonds. The third-order valence-corrected chi connectivity index (χ3v) is 3.26. The molecule has 1 aromatic rings. The fraction of sp³-hybridized carbons (Fsp3) is 0.583. The van der Waals surface area contributed by atoms with Crippen LogP contribution in [-0.4, -0.2) is 39.5 Å². The molecule has 1 N–H and O–H groups in total. The predicted molar refractivity (Wildman–Crippen MR) is 62.3 cm³/mol. The molecule has 1 aromatic heterocycles. The van der Waals surface area contributed by atoms with Crippen LogP contribution in [0.3, 0.4) is 0 Å². The van der Waals surface area contributed by atoms with Gasteiger partial charge in [0, 0.05) is 6.54 Å². The number of hydrogen-bond donors (Lipinski definition) is 1. The number of carboxylic acids is 1. The number of carbonyl (C=O) groups excluding carboxylic acids is 1. The molecule has 6 nitrogen and oxygen atoms in total. The molecule has 0 bridgehead atoms. The maximum atomic E-state index is 12.2. The van der Waals surface area contributed by atoms with E-state index in [-0.39, 0.29) is 5.89 Å². The van der Waals surface area contributed by atoms with Crippen molar-refractivity contribution in [2.75, 3.05) is 6.54 Å². The number of carboxylic acid groups (broad SMARTS) is 1. The number of aromatic nitrogens is 1. The van der Waals surface area contributed by atoms with Crippen molar-refractivity contribution in [1.29, 1.82) is 0 Å². The molecule has 18 heavy (non-hydrogen) atoms. The molecular formula is C12H16N2O4. The van der Waals surface area contributed by atoms with Gasteiger partial charge in [0.1, 0.15) is 11.8 Å². The summed E-state index contributed by atoms with van der Waals surface area (Å²) in [5.41, 5.74) is 0.655. The van der Waals surface area contributed by atoms with E-state index in [4.69, 9.17) is 9.52 Å². The van der Waals surface area contributed by atoms with E-state index in [0.29, 0.717) is 24.4 Å². The first-order valence-electron chi connectivity index (χ1n) is 5.98. The van der Waals surface area contributed by atoms with Crippen molar-refractivity contribution in [2.24, 2.45) is 0 Å². The van der Waals surface area contributed by atoms with Gasteiger partial charge in [-0.3, -0.25) is 4.79 Å². The van der Waals surface area contributed by atoms with Crippen molar-refractivity contribution < 1.29 is 19.1 Å². The zero-order valence-electron chi connectivity index (χ0n) is 10.5. The zero-order chi connectivity index (χ0) is 13.3. The lowest BCUT2D eigenvalue weighted by Crippen LogP contribution is -2.48. The maximum absolute atomic E-state index is 12.2. The molecule has 98 valence electrons. The van der Waals surface area contributed by atoms with Crippen LogP contribution in [0.4, 0.5) is 0 Å². The molecule has 2 rings (SSSR count). The lowest BCUT2D eigenvalue weighted by Gasteiger charge is -2.31. The first kappa shape index (κ1) is 12.6. The second-order valence-electron chi connectivity index (χ2n) is 4.51.